The Labute approximate surface area is 148 Å². The molecule has 0 aliphatic heterocycles. The molecule has 10 heteroatoms. The number of nitrogens with zero attached hydrogens (tertiary/aromatic N) is 3. The van der Waals surface area contributed by atoms with Crippen LogP contribution in [0.25, 0.3) is 22.2 Å². The van der Waals surface area contributed by atoms with E-state index in [1.165, 1.54) is 16.6 Å². The Bertz CT molecular complexity index is 1170. The number of benzene rings is 2. The number of para-hydroxylation sites is 1. The molecule has 0 saturated carbocycles. The second-order valence-electron chi connectivity index (χ2n) is 5.36. The van der Waals surface area contributed by atoms with Crippen LogP contribution in [0, 0.1) is 0 Å². The molecule has 2 aromatic carbocycles. The summed E-state index contributed by atoms with van der Waals surface area (Å²) in [6.45, 7) is 0. The lowest BCUT2D eigenvalue weighted by atomic mass is 10.2. The van der Waals surface area contributed by atoms with Crippen LogP contribution in [0.2, 0.25) is 5.15 Å². The van der Waals surface area contributed by atoms with Gasteiger partial charge in [-0.1, -0.05) is 17.1 Å². The van der Waals surface area contributed by atoms with Gasteiger partial charge in [0.15, 0.2) is 0 Å². The second-order valence-corrected chi connectivity index (χ2v) is 5.72. The summed E-state index contributed by atoms with van der Waals surface area (Å²) < 4.78 is 40.6. The van der Waals surface area contributed by atoms with Gasteiger partial charge in [0.2, 0.25) is 5.15 Å². The van der Waals surface area contributed by atoms with Crippen LogP contribution in [-0.2, 0) is 6.18 Å². The van der Waals surface area contributed by atoms with Crippen LogP contribution in [0.5, 0.6) is 0 Å². The molecular formula is C16H10ClF3N4O2. The van der Waals surface area contributed by atoms with E-state index in [-0.39, 0.29) is 22.0 Å². The van der Waals surface area contributed by atoms with Gasteiger partial charge in [-0.25, -0.2) is 4.79 Å². The molecule has 134 valence electrons. The zero-order chi connectivity index (χ0) is 17.8. The minimum atomic E-state index is -4.44. The molecule has 2 aromatic heterocycles. The molecule has 0 unspecified atom stereocenters. The van der Waals surface area contributed by atoms with Crippen LogP contribution < -0.4 is 10.1 Å². The molecule has 0 amide bonds. The molecule has 6 nitrogen and oxygen atoms in total. The van der Waals surface area contributed by atoms with E-state index in [1.54, 1.807) is 24.3 Å². The summed E-state index contributed by atoms with van der Waals surface area (Å²) in [5, 5.41) is 3.64. The fraction of sp³-hybridized carbons (Fsp3) is 0.0625. The van der Waals surface area contributed by atoms with Crippen molar-refractivity contribution in [2.45, 2.75) is 6.18 Å². The average molecular weight is 383 g/mol. The maximum atomic E-state index is 12.7. The number of halogens is 4. The normalized spacial score (nSPS) is 11.7. The Hall–Kier alpha value is -2.91. The van der Waals surface area contributed by atoms with Gasteiger partial charge in [0.05, 0.1) is 10.9 Å². The van der Waals surface area contributed by atoms with Crippen molar-refractivity contribution in [3.8, 4) is 5.69 Å². The fourth-order valence-electron chi connectivity index (χ4n) is 2.62. The molecule has 2 N–H and O–H groups in total. The van der Waals surface area contributed by atoms with Crippen LogP contribution in [0.3, 0.4) is 0 Å². The number of alkyl halides is 3. The van der Waals surface area contributed by atoms with Gasteiger partial charge in [-0.3, -0.25) is 0 Å². The molecule has 26 heavy (non-hydrogen) atoms. The number of fused-ring (bicyclic) bond motifs is 3. The number of nitrogens with one attached hydrogen (secondary N) is 1. The van der Waals surface area contributed by atoms with Crippen molar-refractivity contribution in [1.29, 1.82) is 0 Å². The Morgan fingerprint density at radius 2 is 1.73 bits per heavy atom. The third-order valence-electron chi connectivity index (χ3n) is 3.83. The maximum Gasteiger partial charge on any atom is 0.416 e. The van der Waals surface area contributed by atoms with Gasteiger partial charge in [-0.15, -0.1) is 14.4 Å². The standard InChI is InChI=1S/C16H8ClF3N4O.H2O/c17-13-11-3-1-2-4-12(11)24-14(21-13)15(25)23(22-24)10-7-5-9(6-8-10)16(18,19)20;/h1-8H;1H2. The molecule has 0 bridgehead atoms. The smallest absolute Gasteiger partial charge is 0.416 e. The summed E-state index contributed by atoms with van der Waals surface area (Å²) in [6.07, 6.45) is -4.44. The number of hydrogen-bond acceptors (Lipinski definition) is 3. The van der Waals surface area contributed by atoms with Crippen molar-refractivity contribution < 1.29 is 23.2 Å². The second kappa shape index (κ2) is 6.11. The first kappa shape index (κ1) is 17.9. The maximum absolute atomic E-state index is 12.7. The third-order valence-corrected chi connectivity index (χ3v) is 4.12. The molecule has 2 heterocycles. The molecular weight excluding hydrogens is 373 g/mol. The van der Waals surface area contributed by atoms with E-state index in [0.717, 1.165) is 16.8 Å². The molecule has 0 spiro atoms. The Morgan fingerprint density at radius 1 is 1.08 bits per heavy atom. The molecule has 4 rings (SSSR count). The van der Waals surface area contributed by atoms with Crippen molar-refractivity contribution in [1.82, 2.24) is 14.9 Å². The van der Waals surface area contributed by atoms with Crippen molar-refractivity contribution in [2.75, 3.05) is 0 Å². The van der Waals surface area contributed by atoms with Gasteiger partial charge >= 0.3 is 17.4 Å². The van der Waals surface area contributed by atoms with E-state index in [0.29, 0.717) is 10.9 Å². The number of aromatic amines is 1. The summed E-state index contributed by atoms with van der Waals surface area (Å²) in [5.74, 6) is 0. The zero-order valence-electron chi connectivity index (χ0n) is 12.8. The summed E-state index contributed by atoms with van der Waals surface area (Å²) >= 11 is 6.12. The van der Waals surface area contributed by atoms with Gasteiger partial charge in [0.25, 0.3) is 0 Å². The monoisotopic (exact) mass is 382 g/mol. The molecule has 0 aliphatic carbocycles. The summed E-state index contributed by atoms with van der Waals surface area (Å²) in [5.41, 5.74) is -0.389. The predicted octanol–water partition coefficient (Wildman–Crippen LogP) is 2.95. The number of aromatic nitrogens is 4. The van der Waals surface area contributed by atoms with E-state index in [2.05, 4.69) is 10.2 Å². The highest BCUT2D eigenvalue weighted by atomic mass is 35.5. The number of H-pyrrole nitrogens is 1. The summed E-state index contributed by atoms with van der Waals surface area (Å²) in [6, 6.07) is 11.3. The summed E-state index contributed by atoms with van der Waals surface area (Å²) in [4.78, 5) is 16.7. The lowest BCUT2D eigenvalue weighted by molar-refractivity contribution is -0.557. The Balaban J connectivity index is 0.00000196. The molecule has 0 atom stereocenters. The summed E-state index contributed by atoms with van der Waals surface area (Å²) in [7, 11) is 0. The fourth-order valence-corrected chi connectivity index (χ4v) is 2.86. The largest absolute Gasteiger partial charge is 0.870 e. The van der Waals surface area contributed by atoms with E-state index in [4.69, 9.17) is 11.6 Å². The van der Waals surface area contributed by atoms with Crippen LogP contribution >= 0.6 is 11.6 Å². The van der Waals surface area contributed by atoms with Gasteiger partial charge in [0, 0.05) is 0 Å². The van der Waals surface area contributed by atoms with Gasteiger partial charge in [-0.05, 0) is 48.0 Å². The van der Waals surface area contributed by atoms with Crippen molar-refractivity contribution >= 4 is 28.2 Å². The first-order valence-corrected chi connectivity index (χ1v) is 7.53. The van der Waals surface area contributed by atoms with Crippen LogP contribution in [0.4, 0.5) is 13.2 Å². The van der Waals surface area contributed by atoms with E-state index < -0.39 is 17.3 Å². The van der Waals surface area contributed by atoms with Crippen molar-refractivity contribution in [3.05, 3.63) is 69.6 Å². The number of hydrogen-bond donors (Lipinski definition) is 1. The topological polar surface area (TPSA) is 84.8 Å². The van der Waals surface area contributed by atoms with Crippen LogP contribution in [-0.4, -0.2) is 20.4 Å². The first-order valence-electron chi connectivity index (χ1n) is 7.15. The quantitative estimate of drug-likeness (QED) is 0.406. The van der Waals surface area contributed by atoms with Crippen LogP contribution in [0.1, 0.15) is 5.56 Å². The van der Waals surface area contributed by atoms with Crippen molar-refractivity contribution in [2.24, 2.45) is 0 Å². The van der Waals surface area contributed by atoms with Gasteiger partial charge in [-0.2, -0.15) is 13.2 Å². The minimum absolute atomic E-state index is 0. The highest BCUT2D eigenvalue weighted by molar-refractivity contribution is 6.34. The molecule has 0 radical (unpaired) electrons. The molecule has 4 aromatic rings. The SMILES string of the molecule is O=c1c2nc(Cl)c3ccccc3[n+]2[nH]n1-c1ccc(C(F)(F)F)cc1.[OH-]. The van der Waals surface area contributed by atoms with Gasteiger partial charge < -0.3 is 5.48 Å². The molecule has 0 aliphatic rings. The Kier molecular flexibility index (Phi) is 4.21. The van der Waals surface area contributed by atoms with Crippen LogP contribution in [0.15, 0.2) is 53.3 Å². The minimum Gasteiger partial charge on any atom is -0.870 e. The highest BCUT2D eigenvalue weighted by Crippen LogP contribution is 2.29. The third kappa shape index (κ3) is 2.71. The van der Waals surface area contributed by atoms with E-state index in [1.807, 2.05) is 0 Å². The predicted molar refractivity (Wildman–Crippen MR) is 86.8 cm³/mol. The van der Waals surface area contributed by atoms with Crippen molar-refractivity contribution in [3.63, 3.8) is 0 Å². The first-order chi connectivity index (χ1) is 11.9. The lowest BCUT2D eigenvalue weighted by Crippen LogP contribution is -2.27. The molecule has 0 fully saturated rings. The zero-order valence-corrected chi connectivity index (χ0v) is 13.6. The van der Waals surface area contributed by atoms with Gasteiger partial charge in [0.1, 0.15) is 11.2 Å². The Morgan fingerprint density at radius 3 is 2.38 bits per heavy atom. The highest BCUT2D eigenvalue weighted by Gasteiger charge is 2.30. The number of rotatable bonds is 1. The lowest BCUT2D eigenvalue weighted by Gasteiger charge is -2.05. The van der Waals surface area contributed by atoms with E-state index >= 15 is 0 Å². The average Bonchev–Trinajstić information content (AvgIpc) is 2.92. The molecule has 0 saturated heterocycles. The van der Waals surface area contributed by atoms with E-state index in [9.17, 15) is 18.0 Å².